The first-order chi connectivity index (χ1) is 11.0. The van der Waals surface area contributed by atoms with E-state index in [-0.39, 0.29) is 18.1 Å². The summed E-state index contributed by atoms with van der Waals surface area (Å²) >= 11 is 0. The average molecular weight is 313 g/mol. The molecular formula is C18H20FN3O. The van der Waals surface area contributed by atoms with Crippen LogP contribution in [-0.4, -0.2) is 19.0 Å². The molecule has 3 rings (SSSR count). The number of hydrogen-bond acceptors (Lipinski definition) is 3. The van der Waals surface area contributed by atoms with E-state index in [2.05, 4.69) is 5.32 Å². The van der Waals surface area contributed by atoms with Crippen molar-refractivity contribution in [1.82, 2.24) is 0 Å². The van der Waals surface area contributed by atoms with Gasteiger partial charge in [0.25, 0.3) is 0 Å². The summed E-state index contributed by atoms with van der Waals surface area (Å²) in [5.41, 5.74) is 9.90. The molecule has 0 aromatic heterocycles. The van der Waals surface area contributed by atoms with E-state index in [0.717, 1.165) is 41.9 Å². The maximum atomic E-state index is 13.8. The average Bonchev–Trinajstić information content (AvgIpc) is 2.51. The summed E-state index contributed by atoms with van der Waals surface area (Å²) in [7, 11) is 0. The summed E-state index contributed by atoms with van der Waals surface area (Å²) in [4.78, 5) is 14.3. The van der Waals surface area contributed by atoms with Gasteiger partial charge in [-0.3, -0.25) is 4.79 Å². The second-order valence-electron chi connectivity index (χ2n) is 5.90. The number of nitrogens with two attached hydrogens (primary N) is 1. The van der Waals surface area contributed by atoms with Gasteiger partial charge in [0.2, 0.25) is 5.91 Å². The lowest BCUT2D eigenvalue weighted by Gasteiger charge is -2.31. The molecule has 0 aliphatic carbocycles. The number of anilines is 3. The number of hydrogen-bond donors (Lipinski definition) is 2. The van der Waals surface area contributed by atoms with Gasteiger partial charge in [0.15, 0.2) is 0 Å². The highest BCUT2D eigenvalue weighted by molar-refractivity contribution is 5.94. The van der Waals surface area contributed by atoms with E-state index in [4.69, 9.17) is 5.73 Å². The number of benzene rings is 2. The van der Waals surface area contributed by atoms with Crippen LogP contribution in [0.4, 0.5) is 21.5 Å². The van der Waals surface area contributed by atoms with E-state index in [9.17, 15) is 9.18 Å². The lowest BCUT2D eigenvalue weighted by Crippen LogP contribution is -2.37. The fourth-order valence-corrected chi connectivity index (χ4v) is 2.98. The molecule has 0 saturated heterocycles. The molecule has 120 valence electrons. The van der Waals surface area contributed by atoms with Gasteiger partial charge in [0.1, 0.15) is 5.82 Å². The summed E-state index contributed by atoms with van der Waals surface area (Å²) in [6.45, 7) is 2.79. The lowest BCUT2D eigenvalue weighted by molar-refractivity contribution is -0.115. The third-order valence-corrected chi connectivity index (χ3v) is 4.12. The quantitative estimate of drug-likeness (QED) is 0.856. The number of halogens is 1. The maximum absolute atomic E-state index is 13.8. The van der Waals surface area contributed by atoms with Gasteiger partial charge < -0.3 is 16.0 Å². The molecule has 0 saturated carbocycles. The molecule has 2 aromatic rings. The molecule has 0 atom stereocenters. The van der Waals surface area contributed by atoms with Crippen molar-refractivity contribution in [2.24, 2.45) is 0 Å². The van der Waals surface area contributed by atoms with Crippen LogP contribution in [0.25, 0.3) is 0 Å². The van der Waals surface area contributed by atoms with Crippen LogP contribution >= 0.6 is 0 Å². The van der Waals surface area contributed by atoms with Gasteiger partial charge in [-0.05, 0) is 55.2 Å². The summed E-state index contributed by atoms with van der Waals surface area (Å²) < 4.78 is 13.8. The van der Waals surface area contributed by atoms with Crippen molar-refractivity contribution in [3.05, 3.63) is 53.3 Å². The number of nitrogen functional groups attached to an aromatic ring is 1. The third-order valence-electron chi connectivity index (χ3n) is 4.12. The number of rotatable bonds is 3. The van der Waals surface area contributed by atoms with Crippen LogP contribution < -0.4 is 16.0 Å². The van der Waals surface area contributed by atoms with Crippen molar-refractivity contribution in [3.63, 3.8) is 0 Å². The van der Waals surface area contributed by atoms with E-state index in [1.165, 1.54) is 6.07 Å². The van der Waals surface area contributed by atoms with Crippen LogP contribution in [0.1, 0.15) is 17.5 Å². The molecule has 0 unspecified atom stereocenters. The Balaban J connectivity index is 1.73. The van der Waals surface area contributed by atoms with Crippen molar-refractivity contribution in [2.75, 3.05) is 29.0 Å². The standard InChI is InChI=1S/C18H20FN3O/c1-12-7-8-16(14(19)10-12)21-18(23)11-22-9-3-4-13-15(20)5-2-6-17(13)22/h2,5-8,10H,3-4,9,11,20H2,1H3,(H,21,23). The molecule has 1 aliphatic heterocycles. The zero-order valence-electron chi connectivity index (χ0n) is 13.1. The molecule has 5 heteroatoms. The van der Waals surface area contributed by atoms with Crippen molar-refractivity contribution in [3.8, 4) is 0 Å². The molecule has 2 aromatic carbocycles. The lowest BCUT2D eigenvalue weighted by atomic mass is 10.00. The molecule has 0 bridgehead atoms. The Labute approximate surface area is 135 Å². The number of fused-ring (bicyclic) bond motifs is 1. The molecule has 3 N–H and O–H groups in total. The fourth-order valence-electron chi connectivity index (χ4n) is 2.98. The fraction of sp³-hybridized carbons (Fsp3) is 0.278. The van der Waals surface area contributed by atoms with Gasteiger partial charge in [-0.1, -0.05) is 12.1 Å². The zero-order valence-corrected chi connectivity index (χ0v) is 13.1. The Kier molecular flexibility index (Phi) is 4.19. The molecule has 23 heavy (non-hydrogen) atoms. The van der Waals surface area contributed by atoms with Crippen molar-refractivity contribution >= 4 is 23.0 Å². The molecule has 1 heterocycles. The Morgan fingerprint density at radius 1 is 1.35 bits per heavy atom. The van der Waals surface area contributed by atoms with Gasteiger partial charge in [0.05, 0.1) is 12.2 Å². The number of amides is 1. The van der Waals surface area contributed by atoms with Crippen LogP contribution in [0, 0.1) is 12.7 Å². The highest BCUT2D eigenvalue weighted by atomic mass is 19.1. The van der Waals surface area contributed by atoms with Gasteiger partial charge in [0, 0.05) is 17.9 Å². The van der Waals surface area contributed by atoms with Crippen LogP contribution in [-0.2, 0) is 11.2 Å². The maximum Gasteiger partial charge on any atom is 0.243 e. The Bertz CT molecular complexity index is 745. The smallest absolute Gasteiger partial charge is 0.243 e. The Morgan fingerprint density at radius 2 is 2.17 bits per heavy atom. The molecule has 0 radical (unpaired) electrons. The predicted molar refractivity (Wildman–Crippen MR) is 91.2 cm³/mol. The summed E-state index contributed by atoms with van der Waals surface area (Å²) in [6.07, 6.45) is 1.88. The van der Waals surface area contributed by atoms with E-state index >= 15 is 0 Å². The second-order valence-corrected chi connectivity index (χ2v) is 5.90. The van der Waals surface area contributed by atoms with E-state index < -0.39 is 5.82 Å². The number of carbonyl (C=O) groups excluding carboxylic acids is 1. The second kappa shape index (κ2) is 6.28. The largest absolute Gasteiger partial charge is 0.398 e. The Hall–Kier alpha value is -2.56. The topological polar surface area (TPSA) is 58.4 Å². The van der Waals surface area contributed by atoms with Gasteiger partial charge in [-0.15, -0.1) is 0 Å². The molecular weight excluding hydrogens is 293 g/mol. The first kappa shape index (κ1) is 15.3. The monoisotopic (exact) mass is 313 g/mol. The number of aryl methyl sites for hydroxylation is 1. The minimum absolute atomic E-state index is 0.184. The summed E-state index contributed by atoms with van der Waals surface area (Å²) in [5.74, 6) is -0.648. The zero-order chi connectivity index (χ0) is 16.4. The van der Waals surface area contributed by atoms with Crippen LogP contribution in [0.15, 0.2) is 36.4 Å². The van der Waals surface area contributed by atoms with E-state index in [1.54, 1.807) is 12.1 Å². The van der Waals surface area contributed by atoms with E-state index in [0.29, 0.717) is 0 Å². The Morgan fingerprint density at radius 3 is 2.96 bits per heavy atom. The van der Waals surface area contributed by atoms with Crippen molar-refractivity contribution in [2.45, 2.75) is 19.8 Å². The van der Waals surface area contributed by atoms with E-state index in [1.807, 2.05) is 30.0 Å². The van der Waals surface area contributed by atoms with Crippen LogP contribution in [0.3, 0.4) is 0 Å². The minimum atomic E-state index is -0.415. The number of nitrogens with zero attached hydrogens (tertiary/aromatic N) is 1. The van der Waals surface area contributed by atoms with Gasteiger partial charge >= 0.3 is 0 Å². The first-order valence-corrected chi connectivity index (χ1v) is 7.73. The highest BCUT2D eigenvalue weighted by Crippen LogP contribution is 2.31. The molecule has 4 nitrogen and oxygen atoms in total. The van der Waals surface area contributed by atoms with Crippen LogP contribution in [0.2, 0.25) is 0 Å². The SMILES string of the molecule is Cc1ccc(NC(=O)CN2CCCc3c(N)cccc32)c(F)c1. The third kappa shape index (κ3) is 3.28. The van der Waals surface area contributed by atoms with Crippen molar-refractivity contribution in [1.29, 1.82) is 0 Å². The van der Waals surface area contributed by atoms with Crippen LogP contribution in [0.5, 0.6) is 0 Å². The highest BCUT2D eigenvalue weighted by Gasteiger charge is 2.20. The minimum Gasteiger partial charge on any atom is -0.398 e. The molecule has 0 fully saturated rings. The molecule has 1 aliphatic rings. The van der Waals surface area contributed by atoms with Gasteiger partial charge in [-0.25, -0.2) is 4.39 Å². The van der Waals surface area contributed by atoms with Crippen molar-refractivity contribution < 1.29 is 9.18 Å². The number of carbonyl (C=O) groups is 1. The first-order valence-electron chi connectivity index (χ1n) is 7.73. The normalized spacial score (nSPS) is 13.6. The van der Waals surface area contributed by atoms with Gasteiger partial charge in [-0.2, -0.15) is 0 Å². The molecule has 0 spiro atoms. The predicted octanol–water partition coefficient (Wildman–Crippen LogP) is 3.11. The molecule has 1 amide bonds. The number of nitrogens with one attached hydrogen (secondary N) is 1. The summed E-state index contributed by atoms with van der Waals surface area (Å²) in [6, 6.07) is 10.5. The summed E-state index contributed by atoms with van der Waals surface area (Å²) in [5, 5.41) is 2.64.